The van der Waals surface area contributed by atoms with Crippen LogP contribution in [0.2, 0.25) is 0 Å². The molecule has 0 fully saturated rings. The molecule has 0 bridgehead atoms. The van der Waals surface area contributed by atoms with E-state index in [4.69, 9.17) is 6.57 Å². The Kier molecular flexibility index (Phi) is 5.62. The van der Waals surface area contributed by atoms with E-state index in [1.807, 2.05) is 20.8 Å². The standard InChI is InChI=1S/C10H16N2O/c1-5-7-10(13)12(6-2)9(3)8-11-4/h5,7,9H,6,8H2,1-3H3/b7-5+. The third-order valence-electron chi connectivity index (χ3n) is 1.82. The second kappa shape index (κ2) is 6.24. The van der Waals surface area contributed by atoms with Gasteiger partial charge < -0.3 is 9.74 Å². The Morgan fingerprint density at radius 2 is 2.31 bits per heavy atom. The van der Waals surface area contributed by atoms with E-state index in [9.17, 15) is 4.79 Å². The molecule has 0 saturated carbocycles. The Morgan fingerprint density at radius 1 is 1.69 bits per heavy atom. The summed E-state index contributed by atoms with van der Waals surface area (Å²) in [5.74, 6) is -0.0128. The molecule has 72 valence electrons. The van der Waals surface area contributed by atoms with Gasteiger partial charge in [-0.3, -0.25) is 4.79 Å². The lowest BCUT2D eigenvalue weighted by Crippen LogP contribution is -2.38. The number of carbonyl (C=O) groups is 1. The highest BCUT2D eigenvalue weighted by atomic mass is 16.2. The van der Waals surface area contributed by atoms with Crippen LogP contribution in [0, 0.1) is 6.57 Å². The first-order valence-corrected chi connectivity index (χ1v) is 4.43. The van der Waals surface area contributed by atoms with Gasteiger partial charge in [0, 0.05) is 6.54 Å². The van der Waals surface area contributed by atoms with E-state index in [0.717, 1.165) is 0 Å². The number of carbonyl (C=O) groups excluding carboxylic acids is 1. The molecule has 3 heteroatoms. The van der Waals surface area contributed by atoms with Crippen molar-refractivity contribution in [1.82, 2.24) is 4.90 Å². The number of nitrogens with zero attached hydrogens (tertiary/aromatic N) is 2. The average Bonchev–Trinajstić information content (AvgIpc) is 2.06. The molecule has 3 nitrogen and oxygen atoms in total. The van der Waals surface area contributed by atoms with Crippen LogP contribution in [0.5, 0.6) is 0 Å². The van der Waals surface area contributed by atoms with Crippen LogP contribution >= 0.6 is 0 Å². The molecule has 0 aromatic rings. The Balaban J connectivity index is 4.33. The van der Waals surface area contributed by atoms with Crippen molar-refractivity contribution >= 4 is 5.91 Å². The molecule has 0 aliphatic carbocycles. The van der Waals surface area contributed by atoms with Crippen molar-refractivity contribution in [1.29, 1.82) is 0 Å². The van der Waals surface area contributed by atoms with Gasteiger partial charge in [0.25, 0.3) is 0 Å². The molecule has 1 unspecified atom stereocenters. The lowest BCUT2D eigenvalue weighted by molar-refractivity contribution is -0.127. The van der Waals surface area contributed by atoms with E-state index >= 15 is 0 Å². The van der Waals surface area contributed by atoms with E-state index in [1.54, 1.807) is 11.0 Å². The molecule has 13 heavy (non-hydrogen) atoms. The van der Waals surface area contributed by atoms with Gasteiger partial charge in [-0.25, -0.2) is 6.57 Å². The summed E-state index contributed by atoms with van der Waals surface area (Å²) < 4.78 is 0. The second-order valence-electron chi connectivity index (χ2n) is 2.81. The summed E-state index contributed by atoms with van der Waals surface area (Å²) in [5.41, 5.74) is 0. The topological polar surface area (TPSA) is 24.7 Å². The summed E-state index contributed by atoms with van der Waals surface area (Å²) in [6, 6.07) is 0.00574. The third-order valence-corrected chi connectivity index (χ3v) is 1.82. The van der Waals surface area contributed by atoms with Gasteiger partial charge in [0.1, 0.15) is 6.04 Å². The number of amides is 1. The minimum Gasteiger partial charge on any atom is -0.329 e. The smallest absolute Gasteiger partial charge is 0.246 e. The SMILES string of the molecule is [C-]#[N+]CC(C)N(CC)C(=O)/C=C/C. The van der Waals surface area contributed by atoms with Gasteiger partial charge in [0.05, 0.1) is 0 Å². The molecular formula is C10H16N2O. The fraction of sp³-hybridized carbons (Fsp3) is 0.600. The van der Waals surface area contributed by atoms with Crippen molar-refractivity contribution in [2.75, 3.05) is 13.1 Å². The van der Waals surface area contributed by atoms with Crippen LogP contribution in [0.3, 0.4) is 0 Å². The van der Waals surface area contributed by atoms with E-state index in [-0.39, 0.29) is 11.9 Å². The van der Waals surface area contributed by atoms with Crippen molar-refractivity contribution in [3.05, 3.63) is 23.6 Å². The van der Waals surface area contributed by atoms with Gasteiger partial charge in [-0.2, -0.15) is 0 Å². The van der Waals surface area contributed by atoms with Gasteiger partial charge >= 0.3 is 0 Å². The van der Waals surface area contributed by atoms with Crippen LogP contribution in [-0.4, -0.2) is 29.9 Å². The molecular weight excluding hydrogens is 164 g/mol. The van der Waals surface area contributed by atoms with Gasteiger partial charge in [0.2, 0.25) is 12.5 Å². The van der Waals surface area contributed by atoms with E-state index in [2.05, 4.69) is 4.85 Å². The first-order valence-electron chi connectivity index (χ1n) is 4.43. The summed E-state index contributed by atoms with van der Waals surface area (Å²) in [6.07, 6.45) is 3.25. The molecule has 0 aliphatic heterocycles. The van der Waals surface area contributed by atoms with Crippen LogP contribution in [0.1, 0.15) is 20.8 Å². The summed E-state index contributed by atoms with van der Waals surface area (Å²) in [4.78, 5) is 16.4. The third kappa shape index (κ3) is 3.75. The van der Waals surface area contributed by atoms with Gasteiger partial charge in [-0.05, 0) is 26.8 Å². The van der Waals surface area contributed by atoms with E-state index < -0.39 is 0 Å². The van der Waals surface area contributed by atoms with Crippen LogP contribution in [0.4, 0.5) is 0 Å². The number of hydrogen-bond donors (Lipinski definition) is 0. The average molecular weight is 180 g/mol. The lowest BCUT2D eigenvalue weighted by atomic mass is 10.2. The molecule has 0 aliphatic rings. The molecule has 1 atom stereocenters. The van der Waals surface area contributed by atoms with Crippen molar-refractivity contribution in [2.45, 2.75) is 26.8 Å². The lowest BCUT2D eigenvalue weighted by Gasteiger charge is -2.22. The number of likely N-dealkylation sites (N-methyl/N-ethyl adjacent to an activating group) is 1. The predicted octanol–water partition coefficient (Wildman–Crippen LogP) is 1.72. The first kappa shape index (κ1) is 11.7. The maximum atomic E-state index is 11.4. The molecule has 0 aromatic heterocycles. The van der Waals surface area contributed by atoms with Gasteiger partial charge in [0.15, 0.2) is 0 Å². The molecule has 0 N–H and O–H groups in total. The van der Waals surface area contributed by atoms with E-state index in [0.29, 0.717) is 13.1 Å². The zero-order chi connectivity index (χ0) is 10.3. The molecule has 0 heterocycles. The molecule has 0 radical (unpaired) electrons. The molecule has 0 spiro atoms. The Bertz CT molecular complexity index is 228. The van der Waals surface area contributed by atoms with Crippen molar-refractivity contribution in [2.24, 2.45) is 0 Å². The summed E-state index contributed by atoms with van der Waals surface area (Å²) in [7, 11) is 0. The maximum Gasteiger partial charge on any atom is 0.246 e. The van der Waals surface area contributed by atoms with Crippen LogP contribution in [0.15, 0.2) is 12.2 Å². The normalized spacial score (nSPS) is 12.5. The molecule has 0 saturated heterocycles. The fourth-order valence-electron chi connectivity index (χ4n) is 1.15. The van der Waals surface area contributed by atoms with Crippen LogP contribution in [-0.2, 0) is 4.79 Å². The summed E-state index contributed by atoms with van der Waals surface area (Å²) in [5, 5.41) is 0. The summed E-state index contributed by atoms with van der Waals surface area (Å²) >= 11 is 0. The highest BCUT2D eigenvalue weighted by Gasteiger charge is 2.17. The second-order valence-corrected chi connectivity index (χ2v) is 2.81. The quantitative estimate of drug-likeness (QED) is 0.477. The number of allylic oxidation sites excluding steroid dienone is 1. The van der Waals surface area contributed by atoms with Crippen LogP contribution < -0.4 is 0 Å². The highest BCUT2D eigenvalue weighted by Crippen LogP contribution is 2.01. The van der Waals surface area contributed by atoms with Crippen molar-refractivity contribution in [3.8, 4) is 0 Å². The Morgan fingerprint density at radius 3 is 2.69 bits per heavy atom. The minimum absolute atomic E-state index is 0.00574. The fourth-order valence-corrected chi connectivity index (χ4v) is 1.15. The number of hydrogen-bond acceptors (Lipinski definition) is 1. The largest absolute Gasteiger partial charge is 0.329 e. The Labute approximate surface area is 79.9 Å². The molecule has 0 aromatic carbocycles. The van der Waals surface area contributed by atoms with Gasteiger partial charge in [-0.15, -0.1) is 0 Å². The van der Waals surface area contributed by atoms with Gasteiger partial charge in [-0.1, -0.05) is 6.08 Å². The highest BCUT2D eigenvalue weighted by molar-refractivity contribution is 5.87. The zero-order valence-electron chi connectivity index (χ0n) is 8.45. The molecule has 0 rings (SSSR count). The van der Waals surface area contributed by atoms with Crippen molar-refractivity contribution < 1.29 is 4.79 Å². The first-order chi connectivity index (χ1) is 6.17. The Hall–Kier alpha value is -1.30. The number of rotatable bonds is 4. The minimum atomic E-state index is -0.0128. The predicted molar refractivity (Wildman–Crippen MR) is 53.1 cm³/mol. The molecule has 1 amide bonds. The summed E-state index contributed by atoms with van der Waals surface area (Å²) in [6.45, 7) is 13.4. The zero-order valence-corrected chi connectivity index (χ0v) is 8.45. The maximum absolute atomic E-state index is 11.4. The van der Waals surface area contributed by atoms with Crippen LogP contribution in [0.25, 0.3) is 4.85 Å². The monoisotopic (exact) mass is 180 g/mol. The van der Waals surface area contributed by atoms with E-state index in [1.165, 1.54) is 6.08 Å². The van der Waals surface area contributed by atoms with Crippen molar-refractivity contribution in [3.63, 3.8) is 0 Å².